The number of rotatable bonds is 5. The molecule has 1 amide bonds. The van der Waals surface area contributed by atoms with Crippen LogP contribution in [0.4, 0.5) is 0 Å². The summed E-state index contributed by atoms with van der Waals surface area (Å²) in [5.74, 6) is 0.0666. The Kier molecular flexibility index (Phi) is 7.12. The largest absolute Gasteiger partial charge is 0.466 e. The first-order valence-electron chi connectivity index (χ1n) is 10.8. The van der Waals surface area contributed by atoms with Crippen LogP contribution in [0.1, 0.15) is 30.9 Å². The quantitative estimate of drug-likeness (QED) is 0.378. The molecule has 1 atom stereocenters. The lowest BCUT2D eigenvalue weighted by Crippen LogP contribution is -2.42. The number of halogens is 1. The molecular formula is C25H25ClNO5. The first-order chi connectivity index (χ1) is 15.6. The number of carbonyl (C=O) groups is 2. The molecule has 2 aliphatic rings. The lowest BCUT2D eigenvalue weighted by molar-refractivity contribution is -0.215. The van der Waals surface area contributed by atoms with Crippen molar-refractivity contribution in [3.63, 3.8) is 0 Å². The second-order valence-electron chi connectivity index (χ2n) is 7.81. The van der Waals surface area contributed by atoms with Gasteiger partial charge in [0.25, 0.3) is 0 Å². The molecule has 0 N–H and O–H groups in total. The molecule has 167 valence electrons. The highest BCUT2D eigenvalue weighted by Crippen LogP contribution is 2.35. The van der Waals surface area contributed by atoms with E-state index in [9.17, 15) is 9.59 Å². The van der Waals surface area contributed by atoms with Gasteiger partial charge in [0.2, 0.25) is 5.91 Å². The van der Waals surface area contributed by atoms with Crippen LogP contribution in [0, 0.1) is 12.0 Å². The van der Waals surface area contributed by atoms with E-state index in [4.69, 9.17) is 26.1 Å². The lowest BCUT2D eigenvalue weighted by atomic mass is 9.96. The zero-order valence-electron chi connectivity index (χ0n) is 17.9. The molecule has 1 fully saturated rings. The van der Waals surface area contributed by atoms with Crippen molar-refractivity contribution in [1.29, 1.82) is 0 Å². The minimum absolute atomic E-state index is 0.134. The van der Waals surface area contributed by atoms with E-state index in [-0.39, 0.29) is 17.8 Å². The Hall–Kier alpha value is -2.83. The van der Waals surface area contributed by atoms with E-state index in [1.807, 2.05) is 24.3 Å². The Morgan fingerprint density at radius 2 is 2.22 bits per heavy atom. The highest BCUT2D eigenvalue weighted by molar-refractivity contribution is 6.33. The van der Waals surface area contributed by atoms with Crippen LogP contribution in [0.2, 0.25) is 5.02 Å². The van der Waals surface area contributed by atoms with Crippen molar-refractivity contribution >= 4 is 29.6 Å². The van der Waals surface area contributed by atoms with Gasteiger partial charge < -0.3 is 14.5 Å². The maximum Gasteiger partial charge on any atom is 0.310 e. The molecular weight excluding hydrogens is 430 g/mol. The summed E-state index contributed by atoms with van der Waals surface area (Å²) in [5.41, 5.74) is 3.58. The Morgan fingerprint density at radius 3 is 3.06 bits per heavy atom. The fraction of sp³-hybridized carbons (Fsp3) is 0.360. The molecule has 2 aromatic carbocycles. The summed E-state index contributed by atoms with van der Waals surface area (Å²) in [4.78, 5) is 36.9. The Balaban J connectivity index is 1.54. The van der Waals surface area contributed by atoms with E-state index in [0.29, 0.717) is 37.1 Å². The van der Waals surface area contributed by atoms with Crippen LogP contribution in [0.15, 0.2) is 36.4 Å². The molecule has 0 aromatic heterocycles. The van der Waals surface area contributed by atoms with Crippen molar-refractivity contribution in [2.45, 2.75) is 26.2 Å². The standard InChI is InChI=1S/C25H25ClNO5/c1-2-30-25(29)20-6-4-13-27(16-20)23(28)11-9-17-5-3-7-21(26)24(17)19-8-10-22-18(15-19)12-14-31-32-22/h3,5,8-11,15,20H,2,4,6,12-14,16H2,1H3/b11-9+. The number of piperidine rings is 1. The van der Waals surface area contributed by atoms with Gasteiger partial charge >= 0.3 is 5.97 Å². The van der Waals surface area contributed by atoms with Crippen LogP contribution < -0.4 is 4.89 Å². The highest BCUT2D eigenvalue weighted by Gasteiger charge is 2.28. The predicted molar refractivity (Wildman–Crippen MR) is 121 cm³/mol. The van der Waals surface area contributed by atoms with Crippen molar-refractivity contribution in [2.75, 3.05) is 26.3 Å². The van der Waals surface area contributed by atoms with Gasteiger partial charge in [-0.25, -0.2) is 0 Å². The zero-order chi connectivity index (χ0) is 22.5. The number of fused-ring (bicyclic) bond motifs is 1. The summed E-state index contributed by atoms with van der Waals surface area (Å²) in [7, 11) is 0. The number of benzene rings is 2. The Morgan fingerprint density at radius 1 is 1.34 bits per heavy atom. The van der Waals surface area contributed by atoms with Gasteiger partial charge in [0.1, 0.15) is 0 Å². The van der Waals surface area contributed by atoms with Gasteiger partial charge in [0.05, 0.1) is 24.2 Å². The maximum atomic E-state index is 12.8. The monoisotopic (exact) mass is 454 g/mol. The summed E-state index contributed by atoms with van der Waals surface area (Å²) in [6.07, 6.45) is 5.58. The van der Waals surface area contributed by atoms with Gasteiger partial charge in [-0.2, -0.15) is 4.89 Å². The topological polar surface area (TPSA) is 65.1 Å². The average Bonchev–Trinajstić information content (AvgIpc) is 2.82. The molecule has 2 aliphatic heterocycles. The average molecular weight is 455 g/mol. The third kappa shape index (κ3) is 4.97. The lowest BCUT2D eigenvalue weighted by Gasteiger charge is -2.30. The molecule has 32 heavy (non-hydrogen) atoms. The number of amides is 1. The zero-order valence-corrected chi connectivity index (χ0v) is 18.7. The molecule has 2 aromatic rings. The number of ether oxygens (including phenoxy) is 1. The molecule has 0 bridgehead atoms. The molecule has 6 nitrogen and oxygen atoms in total. The van der Waals surface area contributed by atoms with Crippen molar-refractivity contribution in [1.82, 2.24) is 4.90 Å². The van der Waals surface area contributed by atoms with Crippen molar-refractivity contribution < 1.29 is 24.1 Å². The minimum atomic E-state index is -0.265. The smallest absolute Gasteiger partial charge is 0.310 e. The molecule has 4 rings (SSSR count). The van der Waals surface area contributed by atoms with Gasteiger partial charge in [-0.1, -0.05) is 29.8 Å². The second kappa shape index (κ2) is 10.2. The summed E-state index contributed by atoms with van der Waals surface area (Å²) >= 11 is 6.50. The van der Waals surface area contributed by atoms with Crippen LogP contribution in [-0.2, 0) is 25.6 Å². The van der Waals surface area contributed by atoms with Crippen molar-refractivity contribution in [3.05, 3.63) is 58.6 Å². The molecule has 1 unspecified atom stereocenters. The fourth-order valence-corrected chi connectivity index (χ4v) is 4.37. The number of carbonyl (C=O) groups excluding carboxylic acids is 2. The summed E-state index contributed by atoms with van der Waals surface area (Å²) in [6, 6.07) is 12.4. The third-order valence-electron chi connectivity index (χ3n) is 5.69. The van der Waals surface area contributed by atoms with E-state index in [2.05, 4.69) is 6.07 Å². The maximum absolute atomic E-state index is 12.8. The Labute approximate surface area is 192 Å². The summed E-state index contributed by atoms with van der Waals surface area (Å²) in [6.45, 7) is 3.64. The molecule has 7 heteroatoms. The summed E-state index contributed by atoms with van der Waals surface area (Å²) < 4.78 is 5.13. The number of likely N-dealkylation sites (tertiary alicyclic amines) is 1. The molecule has 1 radical (unpaired) electrons. The van der Waals surface area contributed by atoms with E-state index >= 15 is 0 Å². The Bertz CT molecular complexity index is 1030. The first-order valence-corrected chi connectivity index (χ1v) is 11.2. The van der Waals surface area contributed by atoms with Gasteiger partial charge in [-0.15, -0.1) is 0 Å². The minimum Gasteiger partial charge on any atom is -0.466 e. The van der Waals surface area contributed by atoms with Gasteiger partial charge in [-0.3, -0.25) is 9.59 Å². The van der Waals surface area contributed by atoms with Gasteiger partial charge in [0.15, 0.2) is 5.75 Å². The highest BCUT2D eigenvalue weighted by atomic mass is 35.5. The molecule has 0 aliphatic carbocycles. The predicted octanol–water partition coefficient (Wildman–Crippen LogP) is 4.49. The second-order valence-corrected chi connectivity index (χ2v) is 8.19. The number of esters is 1. The molecule has 2 heterocycles. The van der Waals surface area contributed by atoms with Crippen molar-refractivity contribution in [3.8, 4) is 16.9 Å². The van der Waals surface area contributed by atoms with Crippen molar-refractivity contribution in [2.24, 2.45) is 5.92 Å². The van der Waals surface area contributed by atoms with E-state index in [0.717, 1.165) is 41.5 Å². The first kappa shape index (κ1) is 22.4. The van der Waals surface area contributed by atoms with Crippen LogP contribution in [0.3, 0.4) is 0 Å². The molecule has 1 saturated heterocycles. The fourth-order valence-electron chi connectivity index (χ4n) is 4.08. The van der Waals surface area contributed by atoms with Gasteiger partial charge in [-0.05, 0) is 49.1 Å². The van der Waals surface area contributed by atoms with E-state index in [1.165, 1.54) is 6.08 Å². The van der Waals surface area contributed by atoms with Crippen LogP contribution >= 0.6 is 11.6 Å². The third-order valence-corrected chi connectivity index (χ3v) is 5.99. The van der Waals surface area contributed by atoms with Crippen LogP contribution in [0.5, 0.6) is 5.75 Å². The number of hydrogen-bond acceptors (Lipinski definition) is 5. The number of hydrogen-bond donors (Lipinski definition) is 0. The van der Waals surface area contributed by atoms with Crippen LogP contribution in [0.25, 0.3) is 17.2 Å². The number of nitrogens with zero attached hydrogens (tertiary/aromatic N) is 1. The molecule has 0 saturated carbocycles. The van der Waals surface area contributed by atoms with Gasteiger partial charge in [0, 0.05) is 42.8 Å². The van der Waals surface area contributed by atoms with E-state index in [1.54, 1.807) is 24.0 Å². The SMILES string of the molecule is CCOC(=O)C1CCCN(C(=O)/C=C/c2cc[c]c(Cl)c2-c2ccc3c(c2)CCOO3)C1. The van der Waals surface area contributed by atoms with E-state index < -0.39 is 0 Å². The van der Waals surface area contributed by atoms with Crippen LogP contribution in [-0.4, -0.2) is 43.1 Å². The summed E-state index contributed by atoms with van der Waals surface area (Å²) in [5, 5.41) is 0.480. The normalized spacial score (nSPS) is 18.2. The molecule has 0 spiro atoms.